The molecule has 1 aliphatic rings. The standard InChI is InChI=1S/C17H17ClN2OS/c1-11(16-20-8-9-22-16)10-14(19)15(21)17(6-7-17)12-2-4-13(18)5-3-12/h2-5,8-9,11,19H,6-7,10H2,1H3. The molecule has 0 amide bonds. The van der Waals surface area contributed by atoms with E-state index in [4.69, 9.17) is 17.0 Å². The fourth-order valence-electron chi connectivity index (χ4n) is 2.79. The van der Waals surface area contributed by atoms with Gasteiger partial charge in [0.1, 0.15) is 0 Å². The molecule has 1 aromatic heterocycles. The molecule has 0 radical (unpaired) electrons. The average molecular weight is 333 g/mol. The molecular weight excluding hydrogens is 316 g/mol. The Kier molecular flexibility index (Phi) is 4.15. The molecule has 1 saturated carbocycles. The van der Waals surface area contributed by atoms with Gasteiger partial charge in [-0.1, -0.05) is 30.7 Å². The van der Waals surface area contributed by atoms with Gasteiger partial charge in [-0.25, -0.2) is 4.98 Å². The number of hydrogen-bond acceptors (Lipinski definition) is 4. The maximum Gasteiger partial charge on any atom is 0.186 e. The Morgan fingerprint density at radius 2 is 2.09 bits per heavy atom. The third kappa shape index (κ3) is 2.85. The smallest absolute Gasteiger partial charge is 0.186 e. The van der Waals surface area contributed by atoms with Crippen LogP contribution in [0.4, 0.5) is 0 Å². The Labute approximate surface area is 138 Å². The van der Waals surface area contributed by atoms with Gasteiger partial charge in [-0.15, -0.1) is 11.3 Å². The normalized spacial score (nSPS) is 17.0. The summed E-state index contributed by atoms with van der Waals surface area (Å²) >= 11 is 7.49. The van der Waals surface area contributed by atoms with Crippen LogP contribution in [0.2, 0.25) is 5.02 Å². The first-order chi connectivity index (χ1) is 10.5. The molecule has 1 atom stereocenters. The van der Waals surface area contributed by atoms with Crippen LogP contribution in [-0.4, -0.2) is 16.5 Å². The second kappa shape index (κ2) is 5.94. The molecule has 1 fully saturated rings. The van der Waals surface area contributed by atoms with Gasteiger partial charge in [-0.05, 0) is 30.5 Å². The lowest BCUT2D eigenvalue weighted by molar-refractivity contribution is -0.115. The molecule has 1 aliphatic carbocycles. The van der Waals surface area contributed by atoms with Gasteiger partial charge in [-0.2, -0.15) is 0 Å². The van der Waals surface area contributed by atoms with Crippen molar-refractivity contribution in [1.82, 2.24) is 4.98 Å². The Hall–Kier alpha value is -1.52. The van der Waals surface area contributed by atoms with Crippen molar-refractivity contribution < 1.29 is 4.79 Å². The van der Waals surface area contributed by atoms with Crippen molar-refractivity contribution >= 4 is 34.4 Å². The Morgan fingerprint density at radius 3 is 2.64 bits per heavy atom. The molecule has 0 spiro atoms. The van der Waals surface area contributed by atoms with Gasteiger partial charge in [0.2, 0.25) is 0 Å². The predicted molar refractivity (Wildman–Crippen MR) is 90.2 cm³/mol. The zero-order valence-corrected chi connectivity index (χ0v) is 13.9. The first-order valence-corrected chi connectivity index (χ1v) is 8.56. The van der Waals surface area contributed by atoms with Crippen LogP contribution in [0, 0.1) is 5.41 Å². The van der Waals surface area contributed by atoms with Gasteiger partial charge in [0, 0.05) is 28.9 Å². The summed E-state index contributed by atoms with van der Waals surface area (Å²) < 4.78 is 0. The number of benzene rings is 1. The van der Waals surface area contributed by atoms with Crippen LogP contribution < -0.4 is 0 Å². The number of nitrogens with one attached hydrogen (secondary N) is 1. The maximum absolute atomic E-state index is 12.7. The van der Waals surface area contributed by atoms with Crippen LogP contribution in [0.25, 0.3) is 0 Å². The number of carbonyl (C=O) groups is 1. The predicted octanol–water partition coefficient (Wildman–Crippen LogP) is 4.61. The molecule has 1 heterocycles. The van der Waals surface area contributed by atoms with E-state index in [-0.39, 0.29) is 17.4 Å². The number of thiazole rings is 1. The molecule has 0 saturated heterocycles. The molecule has 0 aliphatic heterocycles. The molecule has 22 heavy (non-hydrogen) atoms. The van der Waals surface area contributed by atoms with Gasteiger partial charge in [-0.3, -0.25) is 4.79 Å². The van der Waals surface area contributed by atoms with Gasteiger partial charge in [0.05, 0.1) is 16.1 Å². The van der Waals surface area contributed by atoms with Crippen LogP contribution in [0.1, 0.15) is 42.7 Å². The Bertz CT molecular complexity index is 690. The van der Waals surface area contributed by atoms with E-state index in [2.05, 4.69) is 4.98 Å². The lowest BCUT2D eigenvalue weighted by Gasteiger charge is -2.17. The van der Waals surface area contributed by atoms with Gasteiger partial charge in [0.25, 0.3) is 0 Å². The van der Waals surface area contributed by atoms with Crippen molar-refractivity contribution in [3.05, 3.63) is 51.4 Å². The van der Waals surface area contributed by atoms with Gasteiger partial charge in [0.15, 0.2) is 5.78 Å². The Morgan fingerprint density at radius 1 is 1.41 bits per heavy atom. The quantitative estimate of drug-likeness (QED) is 0.785. The molecule has 3 nitrogen and oxygen atoms in total. The molecule has 0 bridgehead atoms. The number of carbonyl (C=O) groups excluding carboxylic acids is 1. The van der Waals surface area contributed by atoms with E-state index in [9.17, 15) is 4.79 Å². The van der Waals surface area contributed by atoms with E-state index >= 15 is 0 Å². The molecule has 1 aromatic carbocycles. The molecule has 3 rings (SSSR count). The number of Topliss-reactive ketones (excluding diaryl/α,β-unsaturated/α-hetero) is 1. The second-order valence-corrected chi connectivity index (χ2v) is 7.23. The van der Waals surface area contributed by atoms with Crippen LogP contribution in [0.3, 0.4) is 0 Å². The van der Waals surface area contributed by atoms with Crippen molar-refractivity contribution in [1.29, 1.82) is 5.41 Å². The summed E-state index contributed by atoms with van der Waals surface area (Å²) in [6, 6.07) is 7.44. The first kappa shape index (κ1) is 15.4. The summed E-state index contributed by atoms with van der Waals surface area (Å²) in [5.41, 5.74) is 0.702. The highest BCUT2D eigenvalue weighted by Gasteiger charge is 2.52. The summed E-state index contributed by atoms with van der Waals surface area (Å²) in [5.74, 6) is 0.0655. The van der Waals surface area contributed by atoms with E-state index in [1.807, 2.05) is 36.6 Å². The molecular formula is C17H17ClN2OS. The van der Waals surface area contributed by atoms with E-state index in [0.29, 0.717) is 11.4 Å². The lowest BCUT2D eigenvalue weighted by atomic mass is 9.86. The fraction of sp³-hybridized carbons (Fsp3) is 0.353. The van der Waals surface area contributed by atoms with E-state index in [1.54, 1.807) is 17.5 Å². The SMILES string of the molecule is CC(CC(=N)C(=O)C1(c2ccc(Cl)cc2)CC1)c1nccs1. The largest absolute Gasteiger partial charge is 0.302 e. The van der Waals surface area contributed by atoms with Crippen LogP contribution in [0.15, 0.2) is 35.8 Å². The highest BCUT2D eigenvalue weighted by atomic mass is 35.5. The number of ketones is 1. The monoisotopic (exact) mass is 332 g/mol. The first-order valence-electron chi connectivity index (χ1n) is 7.30. The minimum absolute atomic E-state index is 0.0433. The summed E-state index contributed by atoms with van der Waals surface area (Å²) in [6.07, 6.45) is 3.85. The summed E-state index contributed by atoms with van der Waals surface area (Å²) in [6.45, 7) is 2.02. The molecule has 1 N–H and O–H groups in total. The van der Waals surface area contributed by atoms with Crippen molar-refractivity contribution in [2.45, 2.75) is 37.5 Å². The topological polar surface area (TPSA) is 53.8 Å². The van der Waals surface area contributed by atoms with Crippen LogP contribution in [0.5, 0.6) is 0 Å². The summed E-state index contributed by atoms with van der Waals surface area (Å²) in [4.78, 5) is 17.0. The minimum atomic E-state index is -0.482. The van der Waals surface area contributed by atoms with Gasteiger partial charge < -0.3 is 5.41 Å². The molecule has 2 aromatic rings. The maximum atomic E-state index is 12.7. The molecule has 1 unspecified atom stereocenters. The van der Waals surface area contributed by atoms with Crippen molar-refractivity contribution in [2.75, 3.05) is 0 Å². The zero-order valence-electron chi connectivity index (χ0n) is 12.3. The van der Waals surface area contributed by atoms with Crippen molar-refractivity contribution in [3.8, 4) is 0 Å². The number of halogens is 1. The highest BCUT2D eigenvalue weighted by Crippen LogP contribution is 2.49. The molecule has 5 heteroatoms. The average Bonchev–Trinajstić information content (AvgIpc) is 3.12. The molecule has 114 valence electrons. The van der Waals surface area contributed by atoms with Crippen molar-refractivity contribution in [3.63, 3.8) is 0 Å². The second-order valence-electron chi connectivity index (χ2n) is 5.87. The summed E-state index contributed by atoms with van der Waals surface area (Å²) in [7, 11) is 0. The van der Waals surface area contributed by atoms with Crippen molar-refractivity contribution in [2.24, 2.45) is 0 Å². The van der Waals surface area contributed by atoms with Crippen LogP contribution >= 0.6 is 22.9 Å². The summed E-state index contributed by atoms with van der Waals surface area (Å²) in [5, 5.41) is 11.8. The Balaban J connectivity index is 1.73. The fourth-order valence-corrected chi connectivity index (χ4v) is 3.62. The number of aromatic nitrogens is 1. The third-order valence-electron chi connectivity index (χ3n) is 4.24. The van der Waals surface area contributed by atoms with Gasteiger partial charge >= 0.3 is 0 Å². The highest BCUT2D eigenvalue weighted by molar-refractivity contribution is 7.09. The third-order valence-corrected chi connectivity index (χ3v) is 5.50. The van der Waals surface area contributed by atoms with E-state index < -0.39 is 5.41 Å². The van der Waals surface area contributed by atoms with E-state index in [0.717, 1.165) is 23.4 Å². The number of nitrogens with zero attached hydrogens (tertiary/aromatic N) is 1. The zero-order chi connectivity index (χ0) is 15.7. The van der Waals surface area contributed by atoms with Crippen LogP contribution in [-0.2, 0) is 10.2 Å². The van der Waals surface area contributed by atoms with E-state index in [1.165, 1.54) is 0 Å². The number of rotatable bonds is 6. The lowest BCUT2D eigenvalue weighted by Crippen LogP contribution is -2.29. The number of hydrogen-bond donors (Lipinski definition) is 1. The minimum Gasteiger partial charge on any atom is -0.302 e.